The highest BCUT2D eigenvalue weighted by Crippen LogP contribution is 2.39. The van der Waals surface area contributed by atoms with Crippen molar-refractivity contribution in [3.63, 3.8) is 0 Å². The highest BCUT2D eigenvalue weighted by Gasteiger charge is 2.26. The molecule has 1 aliphatic rings. The molecule has 4 nitrogen and oxygen atoms in total. The molecular weight excluding hydrogens is 452 g/mol. The first-order chi connectivity index (χ1) is 15.0. The van der Waals surface area contributed by atoms with Crippen LogP contribution in [0.25, 0.3) is 11.4 Å². The number of hydrogen-bond donors (Lipinski definition) is 0. The standard InChI is InChI=1S/C26H35BrN2O2/c1-4-6-7-8-19-9-11-20(12-10-19)18(3)22-16-28-26(29-17-22)21-13-14-24(23(27)15-21)31-25(30)5-2/h13-20H,4-12H2,1-3H3. The van der Waals surface area contributed by atoms with E-state index in [0.29, 0.717) is 23.9 Å². The Bertz CT molecular complexity index is 845. The third-order valence-electron chi connectivity index (χ3n) is 6.71. The van der Waals surface area contributed by atoms with Crippen LogP contribution < -0.4 is 4.74 Å². The van der Waals surface area contributed by atoms with Gasteiger partial charge in [-0.15, -0.1) is 0 Å². The minimum Gasteiger partial charge on any atom is -0.425 e. The number of carbonyl (C=O) groups excluding carboxylic acids is 1. The number of aromatic nitrogens is 2. The largest absolute Gasteiger partial charge is 0.425 e. The van der Waals surface area contributed by atoms with Crippen LogP contribution in [0, 0.1) is 11.8 Å². The van der Waals surface area contributed by atoms with Crippen molar-refractivity contribution in [2.45, 2.75) is 84.5 Å². The lowest BCUT2D eigenvalue weighted by Crippen LogP contribution is -2.19. The molecule has 31 heavy (non-hydrogen) atoms. The van der Waals surface area contributed by atoms with Crippen LogP contribution in [0.4, 0.5) is 0 Å². The Morgan fingerprint density at radius 3 is 2.45 bits per heavy atom. The summed E-state index contributed by atoms with van der Waals surface area (Å²) in [6.07, 6.45) is 15.2. The van der Waals surface area contributed by atoms with Crippen LogP contribution in [0.15, 0.2) is 35.1 Å². The van der Waals surface area contributed by atoms with Gasteiger partial charge in [-0.2, -0.15) is 0 Å². The van der Waals surface area contributed by atoms with Crippen molar-refractivity contribution in [2.75, 3.05) is 0 Å². The fraction of sp³-hybridized carbons (Fsp3) is 0.577. The van der Waals surface area contributed by atoms with E-state index in [1.807, 2.05) is 24.5 Å². The average molecular weight is 487 g/mol. The number of ether oxygens (including phenoxy) is 1. The monoisotopic (exact) mass is 486 g/mol. The molecule has 168 valence electrons. The zero-order valence-electron chi connectivity index (χ0n) is 19.1. The van der Waals surface area contributed by atoms with E-state index >= 15 is 0 Å². The third kappa shape index (κ3) is 6.61. The zero-order chi connectivity index (χ0) is 22.2. The van der Waals surface area contributed by atoms with E-state index in [0.717, 1.165) is 21.9 Å². The van der Waals surface area contributed by atoms with Crippen molar-refractivity contribution >= 4 is 21.9 Å². The van der Waals surface area contributed by atoms with E-state index in [9.17, 15) is 4.79 Å². The van der Waals surface area contributed by atoms with Gasteiger partial charge in [-0.25, -0.2) is 9.97 Å². The second kappa shape index (κ2) is 11.8. The summed E-state index contributed by atoms with van der Waals surface area (Å²) >= 11 is 3.48. The minimum absolute atomic E-state index is 0.252. The molecule has 0 spiro atoms. The van der Waals surface area contributed by atoms with E-state index in [2.05, 4.69) is 39.7 Å². The molecule has 1 aromatic carbocycles. The van der Waals surface area contributed by atoms with E-state index < -0.39 is 0 Å². The van der Waals surface area contributed by atoms with Gasteiger partial charge in [-0.1, -0.05) is 59.3 Å². The summed E-state index contributed by atoms with van der Waals surface area (Å²) in [5, 5.41) is 0. The second-order valence-corrected chi connectivity index (χ2v) is 9.73. The first-order valence-electron chi connectivity index (χ1n) is 11.8. The Morgan fingerprint density at radius 2 is 1.84 bits per heavy atom. The van der Waals surface area contributed by atoms with Crippen LogP contribution in [-0.2, 0) is 4.79 Å². The van der Waals surface area contributed by atoms with Crippen molar-refractivity contribution in [3.8, 4) is 17.1 Å². The van der Waals surface area contributed by atoms with Crippen molar-refractivity contribution in [1.82, 2.24) is 9.97 Å². The molecule has 1 atom stereocenters. The van der Waals surface area contributed by atoms with Crippen molar-refractivity contribution in [3.05, 3.63) is 40.6 Å². The minimum atomic E-state index is -0.252. The number of carbonyl (C=O) groups is 1. The van der Waals surface area contributed by atoms with Crippen LogP contribution in [0.5, 0.6) is 5.75 Å². The smallest absolute Gasteiger partial charge is 0.310 e. The Morgan fingerprint density at radius 1 is 1.13 bits per heavy atom. The maximum absolute atomic E-state index is 11.5. The van der Waals surface area contributed by atoms with Gasteiger partial charge < -0.3 is 4.74 Å². The molecule has 2 aromatic rings. The molecule has 1 fully saturated rings. The van der Waals surface area contributed by atoms with Crippen LogP contribution >= 0.6 is 15.9 Å². The summed E-state index contributed by atoms with van der Waals surface area (Å²) < 4.78 is 6.04. The highest BCUT2D eigenvalue weighted by molar-refractivity contribution is 9.10. The van der Waals surface area contributed by atoms with E-state index in [1.54, 1.807) is 13.0 Å². The van der Waals surface area contributed by atoms with Crippen LogP contribution in [0.1, 0.15) is 90.0 Å². The maximum atomic E-state index is 11.5. The molecule has 0 amide bonds. The van der Waals surface area contributed by atoms with Gasteiger partial charge in [0.2, 0.25) is 0 Å². The third-order valence-corrected chi connectivity index (χ3v) is 7.33. The summed E-state index contributed by atoms with van der Waals surface area (Å²) in [5.41, 5.74) is 2.13. The first-order valence-corrected chi connectivity index (χ1v) is 12.6. The number of esters is 1. The van der Waals surface area contributed by atoms with Crippen molar-refractivity contribution in [1.29, 1.82) is 0 Å². The number of benzene rings is 1. The van der Waals surface area contributed by atoms with Gasteiger partial charge in [0.25, 0.3) is 0 Å². The molecule has 5 heteroatoms. The summed E-state index contributed by atoms with van der Waals surface area (Å²) in [6, 6.07) is 5.57. The van der Waals surface area contributed by atoms with E-state index in [1.165, 1.54) is 56.9 Å². The molecule has 0 bridgehead atoms. The number of halogens is 1. The van der Waals surface area contributed by atoms with Crippen LogP contribution in [0.2, 0.25) is 0 Å². The lowest BCUT2D eigenvalue weighted by Gasteiger charge is -2.32. The molecule has 1 aliphatic carbocycles. The summed E-state index contributed by atoms with van der Waals surface area (Å²) in [4.78, 5) is 20.8. The molecule has 1 unspecified atom stereocenters. The van der Waals surface area contributed by atoms with E-state index in [4.69, 9.17) is 4.74 Å². The summed E-state index contributed by atoms with van der Waals surface area (Å²) in [6.45, 7) is 6.39. The van der Waals surface area contributed by atoms with Crippen molar-refractivity contribution in [2.24, 2.45) is 11.8 Å². The predicted octanol–water partition coefficient (Wildman–Crippen LogP) is 7.71. The van der Waals surface area contributed by atoms with Gasteiger partial charge in [0.1, 0.15) is 5.75 Å². The SMILES string of the molecule is CCCCCC1CCC(C(C)c2cnc(-c3ccc(OC(=O)CC)c(Br)c3)nc2)CC1. The molecular formula is C26H35BrN2O2. The molecule has 0 aliphatic heterocycles. The van der Waals surface area contributed by atoms with Crippen LogP contribution in [0.3, 0.4) is 0 Å². The maximum Gasteiger partial charge on any atom is 0.310 e. The predicted molar refractivity (Wildman–Crippen MR) is 129 cm³/mol. The second-order valence-electron chi connectivity index (χ2n) is 8.88. The van der Waals surface area contributed by atoms with Gasteiger partial charge in [0, 0.05) is 24.4 Å². The van der Waals surface area contributed by atoms with Crippen molar-refractivity contribution < 1.29 is 9.53 Å². The van der Waals surface area contributed by atoms with Crippen LogP contribution in [-0.4, -0.2) is 15.9 Å². The quantitative estimate of drug-likeness (QED) is 0.207. The molecule has 0 radical (unpaired) electrons. The number of rotatable bonds is 9. The molecule has 0 saturated heterocycles. The van der Waals surface area contributed by atoms with Gasteiger partial charge in [0.15, 0.2) is 5.82 Å². The first kappa shape index (κ1) is 23.9. The number of unbranched alkanes of at least 4 members (excludes halogenated alkanes) is 2. The van der Waals surface area contributed by atoms with Gasteiger partial charge in [-0.05, 0) is 70.3 Å². The lowest BCUT2D eigenvalue weighted by atomic mass is 9.73. The molecule has 0 N–H and O–H groups in total. The average Bonchev–Trinajstić information content (AvgIpc) is 2.80. The topological polar surface area (TPSA) is 52.1 Å². The Balaban J connectivity index is 1.59. The van der Waals surface area contributed by atoms with Gasteiger partial charge >= 0.3 is 5.97 Å². The zero-order valence-corrected chi connectivity index (χ0v) is 20.7. The molecule has 3 rings (SSSR count). The molecule has 1 saturated carbocycles. The lowest BCUT2D eigenvalue weighted by molar-refractivity contribution is -0.134. The Hall–Kier alpha value is -1.75. The summed E-state index contributed by atoms with van der Waals surface area (Å²) in [5.74, 6) is 3.12. The Labute approximate surface area is 195 Å². The van der Waals surface area contributed by atoms with Gasteiger partial charge in [-0.3, -0.25) is 4.79 Å². The highest BCUT2D eigenvalue weighted by atomic mass is 79.9. The Kier molecular flexibility index (Phi) is 9.06. The van der Waals surface area contributed by atoms with E-state index in [-0.39, 0.29) is 5.97 Å². The van der Waals surface area contributed by atoms with Gasteiger partial charge in [0.05, 0.1) is 4.47 Å². The molecule has 1 aromatic heterocycles. The molecule has 1 heterocycles. The fourth-order valence-electron chi connectivity index (χ4n) is 4.57. The number of nitrogens with zero attached hydrogens (tertiary/aromatic N) is 2. The normalized spacial score (nSPS) is 19.7. The summed E-state index contributed by atoms with van der Waals surface area (Å²) in [7, 11) is 0. The number of hydrogen-bond acceptors (Lipinski definition) is 4. The fourth-order valence-corrected chi connectivity index (χ4v) is 5.03.